The lowest BCUT2D eigenvalue weighted by molar-refractivity contribution is 0.214. The van der Waals surface area contributed by atoms with Crippen LogP contribution in [0, 0.1) is 5.92 Å². The van der Waals surface area contributed by atoms with E-state index in [1.807, 2.05) is 30.3 Å². The Balaban J connectivity index is 2.16. The third-order valence-electron chi connectivity index (χ3n) is 4.20. The summed E-state index contributed by atoms with van der Waals surface area (Å²) < 4.78 is 5.97. The number of ether oxygens (including phenoxy) is 1. The topological polar surface area (TPSA) is 29.5 Å². The average Bonchev–Trinajstić information content (AvgIpc) is 2.70. The molecule has 2 nitrogen and oxygen atoms in total. The molecule has 0 aromatic heterocycles. The number of aliphatic hydroxyl groups is 1. The summed E-state index contributed by atoms with van der Waals surface area (Å²) >= 11 is 0. The molecule has 0 aliphatic carbocycles. The van der Waals surface area contributed by atoms with Crippen molar-refractivity contribution in [1.29, 1.82) is 0 Å². The summed E-state index contributed by atoms with van der Waals surface area (Å²) in [5, 5.41) is 9.86. The molecule has 0 radical (unpaired) electrons. The molecule has 1 aliphatic heterocycles. The van der Waals surface area contributed by atoms with E-state index in [1.165, 1.54) is 11.1 Å². The van der Waals surface area contributed by atoms with Crippen LogP contribution in [-0.4, -0.2) is 11.7 Å². The predicted octanol–water partition coefficient (Wildman–Crippen LogP) is 3.90. The number of para-hydroxylation sites is 1. The van der Waals surface area contributed by atoms with Crippen molar-refractivity contribution in [2.45, 2.75) is 18.9 Å². The van der Waals surface area contributed by atoms with Crippen LogP contribution in [0.25, 0.3) is 0 Å². The highest BCUT2D eigenvalue weighted by Gasteiger charge is 2.30. The van der Waals surface area contributed by atoms with Gasteiger partial charge >= 0.3 is 0 Å². The summed E-state index contributed by atoms with van der Waals surface area (Å²) in [5.41, 5.74) is 3.60. The molecular weight excluding hydrogens is 260 g/mol. The largest absolute Gasteiger partial charge is 0.489 e. The van der Waals surface area contributed by atoms with Crippen LogP contribution in [0.4, 0.5) is 0 Å². The summed E-state index contributed by atoms with van der Waals surface area (Å²) in [4.78, 5) is 0. The first kappa shape index (κ1) is 13.9. The molecule has 1 heterocycles. The monoisotopic (exact) mass is 280 g/mol. The van der Waals surface area contributed by atoms with Crippen LogP contribution in [0.3, 0.4) is 0 Å². The number of allylic oxidation sites excluding steroid dienone is 1. The van der Waals surface area contributed by atoms with Crippen LogP contribution in [0.5, 0.6) is 5.75 Å². The quantitative estimate of drug-likeness (QED) is 0.861. The Morgan fingerprint density at radius 1 is 1.14 bits per heavy atom. The van der Waals surface area contributed by atoms with Crippen LogP contribution in [0.1, 0.15) is 29.0 Å². The Kier molecular flexibility index (Phi) is 4.07. The van der Waals surface area contributed by atoms with Crippen LogP contribution < -0.4 is 4.74 Å². The molecule has 0 amide bonds. The summed E-state index contributed by atoms with van der Waals surface area (Å²) in [7, 11) is 0. The third-order valence-corrected chi connectivity index (χ3v) is 4.20. The average molecular weight is 280 g/mol. The van der Waals surface area contributed by atoms with Gasteiger partial charge in [-0.2, -0.15) is 0 Å². The molecular formula is C19H20O2. The molecule has 2 aromatic rings. The SMILES string of the molecule is C=CCC(CO)C1c2ccccc2COc2ccccc21. The third kappa shape index (κ3) is 2.59. The van der Waals surface area contributed by atoms with Gasteiger partial charge in [0.05, 0.1) is 0 Å². The zero-order valence-corrected chi connectivity index (χ0v) is 12.0. The second-order valence-corrected chi connectivity index (χ2v) is 5.47. The molecule has 2 aromatic carbocycles. The Bertz CT molecular complexity index is 585. The minimum atomic E-state index is 0.117. The lowest BCUT2D eigenvalue weighted by Gasteiger charge is -2.26. The molecule has 3 rings (SSSR count). The molecule has 0 spiro atoms. The van der Waals surface area contributed by atoms with E-state index in [0.717, 1.165) is 17.7 Å². The lowest BCUT2D eigenvalue weighted by Crippen LogP contribution is -2.18. The van der Waals surface area contributed by atoms with Gasteiger partial charge in [-0.3, -0.25) is 0 Å². The molecule has 0 saturated carbocycles. The standard InChI is InChI=1S/C19H20O2/c1-2-7-14(12-20)19-16-9-4-3-8-15(16)13-21-18-11-6-5-10-17(18)19/h2-6,8-11,14,19-20H,1,7,12-13H2. The molecule has 1 N–H and O–H groups in total. The number of fused-ring (bicyclic) bond motifs is 2. The van der Waals surface area contributed by atoms with Crippen molar-refractivity contribution >= 4 is 0 Å². The number of benzene rings is 2. The van der Waals surface area contributed by atoms with E-state index in [0.29, 0.717) is 6.61 Å². The van der Waals surface area contributed by atoms with Crippen molar-refractivity contribution in [3.05, 3.63) is 77.9 Å². The maximum atomic E-state index is 9.86. The maximum Gasteiger partial charge on any atom is 0.123 e. The first-order valence-electron chi connectivity index (χ1n) is 7.36. The molecule has 2 atom stereocenters. The Morgan fingerprint density at radius 3 is 2.62 bits per heavy atom. The van der Waals surface area contributed by atoms with Crippen LogP contribution in [-0.2, 0) is 6.61 Å². The van der Waals surface area contributed by atoms with Gasteiger partial charge in [-0.25, -0.2) is 0 Å². The normalized spacial score (nSPS) is 17.9. The molecule has 108 valence electrons. The maximum absolute atomic E-state index is 9.86. The molecule has 1 aliphatic rings. The summed E-state index contributed by atoms with van der Waals surface area (Å²) in [6.45, 7) is 4.55. The van der Waals surface area contributed by atoms with Crippen LogP contribution in [0.2, 0.25) is 0 Å². The van der Waals surface area contributed by atoms with Gasteiger partial charge in [0.1, 0.15) is 12.4 Å². The second-order valence-electron chi connectivity index (χ2n) is 5.47. The van der Waals surface area contributed by atoms with Crippen molar-refractivity contribution in [2.24, 2.45) is 5.92 Å². The Hall–Kier alpha value is -2.06. The van der Waals surface area contributed by atoms with E-state index in [1.54, 1.807) is 0 Å². The van der Waals surface area contributed by atoms with Gasteiger partial charge in [-0.15, -0.1) is 6.58 Å². The van der Waals surface area contributed by atoms with Crippen molar-refractivity contribution in [1.82, 2.24) is 0 Å². The number of hydrogen-bond donors (Lipinski definition) is 1. The minimum Gasteiger partial charge on any atom is -0.489 e. The smallest absolute Gasteiger partial charge is 0.123 e. The van der Waals surface area contributed by atoms with E-state index in [2.05, 4.69) is 30.8 Å². The van der Waals surface area contributed by atoms with Crippen molar-refractivity contribution in [2.75, 3.05) is 6.61 Å². The van der Waals surface area contributed by atoms with E-state index in [9.17, 15) is 5.11 Å². The zero-order chi connectivity index (χ0) is 14.7. The zero-order valence-electron chi connectivity index (χ0n) is 12.0. The molecule has 0 fully saturated rings. The number of hydrogen-bond acceptors (Lipinski definition) is 2. The number of aliphatic hydroxyl groups excluding tert-OH is 1. The van der Waals surface area contributed by atoms with Gasteiger partial charge in [-0.1, -0.05) is 48.5 Å². The van der Waals surface area contributed by atoms with Gasteiger partial charge in [-0.05, 0) is 29.5 Å². The van der Waals surface area contributed by atoms with Gasteiger partial charge in [0, 0.05) is 18.1 Å². The first-order chi connectivity index (χ1) is 10.3. The van der Waals surface area contributed by atoms with Crippen LogP contribution in [0.15, 0.2) is 61.2 Å². The van der Waals surface area contributed by atoms with Crippen LogP contribution >= 0.6 is 0 Å². The fourth-order valence-corrected chi connectivity index (χ4v) is 3.20. The van der Waals surface area contributed by atoms with E-state index < -0.39 is 0 Å². The number of rotatable bonds is 4. The van der Waals surface area contributed by atoms with E-state index >= 15 is 0 Å². The Labute approximate surface area is 125 Å². The molecule has 0 saturated heterocycles. The van der Waals surface area contributed by atoms with Crippen molar-refractivity contribution in [3.8, 4) is 5.75 Å². The van der Waals surface area contributed by atoms with Gasteiger partial charge in [0.2, 0.25) is 0 Å². The summed E-state index contributed by atoms with van der Waals surface area (Å²) in [6, 6.07) is 16.5. The molecule has 2 unspecified atom stereocenters. The van der Waals surface area contributed by atoms with Crippen molar-refractivity contribution in [3.63, 3.8) is 0 Å². The highest BCUT2D eigenvalue weighted by atomic mass is 16.5. The fraction of sp³-hybridized carbons (Fsp3) is 0.263. The molecule has 0 bridgehead atoms. The highest BCUT2D eigenvalue weighted by Crippen LogP contribution is 2.42. The summed E-state index contributed by atoms with van der Waals surface area (Å²) in [5.74, 6) is 1.18. The molecule has 2 heteroatoms. The Morgan fingerprint density at radius 2 is 1.86 bits per heavy atom. The summed E-state index contributed by atoms with van der Waals surface area (Å²) in [6.07, 6.45) is 2.67. The highest BCUT2D eigenvalue weighted by molar-refractivity contribution is 5.47. The van der Waals surface area contributed by atoms with Gasteiger partial charge in [0.15, 0.2) is 0 Å². The molecule has 21 heavy (non-hydrogen) atoms. The minimum absolute atomic E-state index is 0.117. The van der Waals surface area contributed by atoms with Crippen molar-refractivity contribution < 1.29 is 9.84 Å². The first-order valence-corrected chi connectivity index (χ1v) is 7.36. The fourth-order valence-electron chi connectivity index (χ4n) is 3.20. The lowest BCUT2D eigenvalue weighted by atomic mass is 9.78. The van der Waals surface area contributed by atoms with Gasteiger partial charge < -0.3 is 9.84 Å². The van der Waals surface area contributed by atoms with E-state index in [-0.39, 0.29) is 18.4 Å². The second kappa shape index (κ2) is 6.15. The predicted molar refractivity (Wildman–Crippen MR) is 84.4 cm³/mol. The van der Waals surface area contributed by atoms with Gasteiger partial charge in [0.25, 0.3) is 0 Å². The van der Waals surface area contributed by atoms with E-state index in [4.69, 9.17) is 4.74 Å².